The third-order valence-corrected chi connectivity index (χ3v) is 7.76. The van der Waals surface area contributed by atoms with Crippen molar-refractivity contribution in [1.29, 1.82) is 0 Å². The summed E-state index contributed by atoms with van der Waals surface area (Å²) >= 11 is 12.6. The van der Waals surface area contributed by atoms with Crippen LogP contribution in [0, 0.1) is 17.5 Å². The average Bonchev–Trinajstić information content (AvgIpc) is 3.81. The van der Waals surface area contributed by atoms with Crippen LogP contribution < -0.4 is 14.8 Å². The van der Waals surface area contributed by atoms with Gasteiger partial charge in [0.25, 0.3) is 5.91 Å². The minimum Gasteiger partial charge on any atom is -0.490 e. The minimum atomic E-state index is -1.37. The molecule has 10 heteroatoms. The number of hydrogen-bond acceptors (Lipinski definition) is 4. The Morgan fingerprint density at radius 1 is 0.950 bits per heavy atom. The van der Waals surface area contributed by atoms with Gasteiger partial charge in [0.2, 0.25) is 5.82 Å². The van der Waals surface area contributed by atoms with Crippen molar-refractivity contribution >= 4 is 34.7 Å². The summed E-state index contributed by atoms with van der Waals surface area (Å²) in [4.78, 5) is 15.7. The minimum absolute atomic E-state index is 0.00645. The zero-order valence-corrected chi connectivity index (χ0v) is 23.0. The van der Waals surface area contributed by atoms with Gasteiger partial charge in [0, 0.05) is 24.7 Å². The van der Waals surface area contributed by atoms with Crippen LogP contribution in [0.15, 0.2) is 60.2 Å². The second-order valence-electron chi connectivity index (χ2n) is 9.65. The van der Waals surface area contributed by atoms with Crippen molar-refractivity contribution in [3.8, 4) is 11.5 Å². The zero-order valence-electron chi connectivity index (χ0n) is 21.5. The molecule has 0 unspecified atom stereocenters. The SMILES string of the molecule is O=C(C1=C(c2ccc(OCCOc3c(F)ccc(F)c3F)cc2)CCNC1)N(Cc1cccc(Cl)c1Cl)C1CC1. The van der Waals surface area contributed by atoms with E-state index in [0.29, 0.717) is 41.4 Å². The van der Waals surface area contributed by atoms with Gasteiger partial charge in [0.1, 0.15) is 19.0 Å². The van der Waals surface area contributed by atoms with Crippen LogP contribution in [0.2, 0.25) is 10.0 Å². The molecule has 3 aromatic rings. The molecule has 1 amide bonds. The third kappa shape index (κ3) is 6.40. The molecule has 5 nitrogen and oxygen atoms in total. The van der Waals surface area contributed by atoms with E-state index >= 15 is 0 Å². The van der Waals surface area contributed by atoms with E-state index in [1.807, 2.05) is 29.2 Å². The van der Waals surface area contributed by atoms with Gasteiger partial charge in [0.15, 0.2) is 17.4 Å². The summed E-state index contributed by atoms with van der Waals surface area (Å²) in [5, 5.41) is 4.24. The molecule has 0 radical (unpaired) electrons. The summed E-state index contributed by atoms with van der Waals surface area (Å²) in [7, 11) is 0. The molecule has 210 valence electrons. The van der Waals surface area contributed by atoms with Crippen LogP contribution in [0.5, 0.6) is 11.5 Å². The predicted molar refractivity (Wildman–Crippen MR) is 148 cm³/mol. The highest BCUT2D eigenvalue weighted by Gasteiger charge is 2.35. The number of nitrogens with zero attached hydrogens (tertiary/aromatic N) is 1. The molecule has 40 heavy (non-hydrogen) atoms. The number of carbonyl (C=O) groups excluding carboxylic acids is 1. The highest BCUT2D eigenvalue weighted by molar-refractivity contribution is 6.42. The maximum absolute atomic E-state index is 13.8. The normalized spacial score (nSPS) is 15.2. The number of carbonyl (C=O) groups is 1. The van der Waals surface area contributed by atoms with Gasteiger partial charge in [-0.25, -0.2) is 8.78 Å². The van der Waals surface area contributed by atoms with Crippen molar-refractivity contribution in [2.45, 2.75) is 31.8 Å². The van der Waals surface area contributed by atoms with Gasteiger partial charge in [-0.3, -0.25) is 4.79 Å². The molecule has 1 fully saturated rings. The van der Waals surface area contributed by atoms with Gasteiger partial charge in [-0.15, -0.1) is 0 Å². The summed E-state index contributed by atoms with van der Waals surface area (Å²) in [5.74, 6) is -3.82. The van der Waals surface area contributed by atoms with Crippen LogP contribution >= 0.6 is 23.2 Å². The Kier molecular flexibility index (Phi) is 8.88. The molecule has 3 aromatic carbocycles. The lowest BCUT2D eigenvalue weighted by Gasteiger charge is -2.28. The molecule has 1 heterocycles. The molecule has 2 aliphatic rings. The Bertz CT molecular complexity index is 1430. The average molecular weight is 591 g/mol. The van der Waals surface area contributed by atoms with Gasteiger partial charge in [0.05, 0.1) is 10.0 Å². The lowest BCUT2D eigenvalue weighted by molar-refractivity contribution is -0.128. The fourth-order valence-electron chi connectivity index (χ4n) is 4.68. The number of nitrogens with one attached hydrogen (secondary N) is 1. The molecule has 0 saturated heterocycles. The lowest BCUT2D eigenvalue weighted by Crippen LogP contribution is -2.39. The molecule has 1 aliphatic carbocycles. The standard InChI is InChI=1S/C30H27Cl2F3N2O3/c31-24-3-1-2-19(27(24)32)17-37(20-6-7-20)30(38)23-16-36-13-12-22(23)18-4-8-21(9-5-18)39-14-15-40-29-26(34)11-10-25(33)28(29)35/h1-5,8-11,20,36H,6-7,12-17H2. The number of ether oxygens (including phenoxy) is 2. The van der Waals surface area contributed by atoms with Crippen molar-refractivity contribution in [1.82, 2.24) is 10.2 Å². The Morgan fingerprint density at radius 2 is 1.68 bits per heavy atom. The molecule has 0 bridgehead atoms. The maximum atomic E-state index is 13.8. The quantitative estimate of drug-likeness (QED) is 0.208. The fraction of sp³-hybridized carbons (Fsp3) is 0.300. The summed E-state index contributed by atoms with van der Waals surface area (Å²) in [6.07, 6.45) is 2.60. The molecule has 1 aliphatic heterocycles. The number of benzene rings is 3. The highest BCUT2D eigenvalue weighted by Crippen LogP contribution is 2.35. The van der Waals surface area contributed by atoms with Gasteiger partial charge in [-0.2, -0.15) is 4.39 Å². The molecule has 0 aromatic heterocycles. The van der Waals surface area contributed by atoms with E-state index in [2.05, 4.69) is 5.32 Å². The molecule has 0 atom stereocenters. The first-order valence-electron chi connectivity index (χ1n) is 13.0. The van der Waals surface area contributed by atoms with Crippen LogP contribution in [0.4, 0.5) is 13.2 Å². The highest BCUT2D eigenvalue weighted by atomic mass is 35.5. The van der Waals surface area contributed by atoms with Crippen molar-refractivity contribution in [3.63, 3.8) is 0 Å². The summed E-state index contributed by atoms with van der Waals surface area (Å²) in [5.41, 5.74) is 3.42. The second-order valence-corrected chi connectivity index (χ2v) is 10.4. The van der Waals surface area contributed by atoms with Crippen LogP contribution in [0.1, 0.15) is 30.4 Å². The summed E-state index contributed by atoms with van der Waals surface area (Å²) < 4.78 is 51.4. The number of hydrogen-bond donors (Lipinski definition) is 1. The Labute approximate surface area is 240 Å². The number of amides is 1. The summed E-state index contributed by atoms with van der Waals surface area (Å²) in [6.45, 7) is 1.41. The zero-order chi connectivity index (χ0) is 28.2. The van der Waals surface area contributed by atoms with E-state index in [-0.39, 0.29) is 25.2 Å². The largest absolute Gasteiger partial charge is 0.490 e. The second kappa shape index (κ2) is 12.5. The van der Waals surface area contributed by atoms with Gasteiger partial charge < -0.3 is 19.7 Å². The number of rotatable bonds is 10. The van der Waals surface area contributed by atoms with Crippen LogP contribution in [-0.2, 0) is 11.3 Å². The van der Waals surface area contributed by atoms with Gasteiger partial charge >= 0.3 is 0 Å². The molecular weight excluding hydrogens is 564 g/mol. The maximum Gasteiger partial charge on any atom is 0.251 e. The van der Waals surface area contributed by atoms with Crippen LogP contribution in [0.3, 0.4) is 0 Å². The van der Waals surface area contributed by atoms with E-state index < -0.39 is 23.2 Å². The first-order valence-corrected chi connectivity index (χ1v) is 13.7. The molecule has 1 N–H and O–H groups in total. The van der Waals surface area contributed by atoms with E-state index in [1.165, 1.54) is 0 Å². The van der Waals surface area contributed by atoms with Crippen LogP contribution in [0.25, 0.3) is 5.57 Å². The first kappa shape index (κ1) is 28.3. The van der Waals surface area contributed by atoms with Crippen LogP contribution in [-0.4, -0.2) is 43.2 Å². The van der Waals surface area contributed by atoms with Crippen molar-refractivity contribution in [3.05, 3.63) is 98.8 Å². The molecule has 5 rings (SSSR count). The van der Waals surface area contributed by atoms with Crippen molar-refractivity contribution in [2.24, 2.45) is 0 Å². The van der Waals surface area contributed by atoms with E-state index in [0.717, 1.165) is 47.7 Å². The Balaban J connectivity index is 1.26. The van der Waals surface area contributed by atoms with Gasteiger partial charge in [-0.1, -0.05) is 47.5 Å². The smallest absolute Gasteiger partial charge is 0.251 e. The number of halogens is 5. The first-order chi connectivity index (χ1) is 19.3. The topological polar surface area (TPSA) is 50.8 Å². The molecule has 0 spiro atoms. The van der Waals surface area contributed by atoms with Crippen molar-refractivity contribution in [2.75, 3.05) is 26.3 Å². The monoisotopic (exact) mass is 590 g/mol. The van der Waals surface area contributed by atoms with E-state index in [4.69, 9.17) is 32.7 Å². The Hall–Kier alpha value is -3.20. The third-order valence-electron chi connectivity index (χ3n) is 6.90. The molecule has 1 saturated carbocycles. The van der Waals surface area contributed by atoms with Crippen molar-refractivity contribution < 1.29 is 27.4 Å². The predicted octanol–water partition coefficient (Wildman–Crippen LogP) is 6.81. The van der Waals surface area contributed by atoms with E-state index in [9.17, 15) is 18.0 Å². The lowest BCUT2D eigenvalue weighted by atomic mass is 9.93. The fourth-order valence-corrected chi connectivity index (χ4v) is 5.06. The van der Waals surface area contributed by atoms with Gasteiger partial charge in [-0.05, 0) is 72.8 Å². The summed E-state index contributed by atoms with van der Waals surface area (Å²) in [6, 6.07) is 14.4. The molecular formula is C30H27Cl2F3N2O3. The Morgan fingerprint density at radius 3 is 2.42 bits per heavy atom. The van der Waals surface area contributed by atoms with E-state index in [1.54, 1.807) is 18.2 Å².